The van der Waals surface area contributed by atoms with Gasteiger partial charge in [-0.1, -0.05) is 98.8 Å². The topological polar surface area (TPSA) is 110 Å². The summed E-state index contributed by atoms with van der Waals surface area (Å²) in [6.07, 6.45) is 2.71. The molecule has 1 aromatic heterocycles. The highest BCUT2D eigenvalue weighted by Crippen LogP contribution is 2.60. The summed E-state index contributed by atoms with van der Waals surface area (Å²) in [6, 6.07) is 35.1. The summed E-state index contributed by atoms with van der Waals surface area (Å²) in [5, 5.41) is 21.7. The number of aliphatic hydroxyl groups excluding tert-OH is 1. The number of anilines is 3. The van der Waals surface area contributed by atoms with Gasteiger partial charge in [0, 0.05) is 41.6 Å². The second-order valence-corrected chi connectivity index (χ2v) is 15.9. The second-order valence-electron chi connectivity index (χ2n) is 15.9. The van der Waals surface area contributed by atoms with Gasteiger partial charge in [0.2, 0.25) is 0 Å². The Labute approximate surface area is 331 Å². The van der Waals surface area contributed by atoms with Crippen LogP contribution in [0.25, 0.3) is 10.8 Å². The maximum Gasteiger partial charge on any atom is 0.264 e. The molecule has 0 saturated carbocycles. The summed E-state index contributed by atoms with van der Waals surface area (Å²) in [4.78, 5) is 32.8. The number of fused-ring (bicyclic) bond motifs is 2. The van der Waals surface area contributed by atoms with Crippen molar-refractivity contribution in [3.8, 4) is 5.75 Å². The molecule has 5 aromatic carbocycles. The van der Waals surface area contributed by atoms with Crippen LogP contribution in [0.4, 0.5) is 17.1 Å². The first kappa shape index (κ1) is 36.5. The average Bonchev–Trinajstić information content (AvgIpc) is 3.97. The van der Waals surface area contributed by atoms with Crippen LogP contribution in [0.15, 0.2) is 128 Å². The van der Waals surface area contributed by atoms with E-state index in [4.69, 9.17) is 9.47 Å². The molecular weight excluding hydrogens is 715 g/mol. The molecule has 0 aliphatic carbocycles. The molecule has 1 saturated heterocycles. The van der Waals surface area contributed by atoms with E-state index >= 15 is 4.79 Å². The van der Waals surface area contributed by atoms with Gasteiger partial charge in [0.15, 0.2) is 5.60 Å². The maximum absolute atomic E-state index is 15.1. The number of nitrogens with zero attached hydrogens (tertiary/aromatic N) is 5. The van der Waals surface area contributed by atoms with Gasteiger partial charge in [-0.15, -0.1) is 11.7 Å². The first-order valence-electron chi connectivity index (χ1n) is 19.5. The van der Waals surface area contributed by atoms with Gasteiger partial charge in [-0.3, -0.25) is 19.2 Å². The lowest BCUT2D eigenvalue weighted by Gasteiger charge is -2.38. The highest BCUT2D eigenvalue weighted by atomic mass is 16.5. The van der Waals surface area contributed by atoms with Crippen LogP contribution in [0.1, 0.15) is 66.0 Å². The number of benzene rings is 5. The molecule has 1 N–H and O–H groups in total. The summed E-state index contributed by atoms with van der Waals surface area (Å²) >= 11 is 0. The van der Waals surface area contributed by atoms with Crippen LogP contribution in [0, 0.1) is 11.8 Å². The molecular formula is C47H45N5O5. The minimum atomic E-state index is -1.36. The van der Waals surface area contributed by atoms with Gasteiger partial charge in [0.05, 0.1) is 36.3 Å². The highest BCUT2D eigenvalue weighted by Gasteiger charge is 2.66. The third-order valence-corrected chi connectivity index (χ3v) is 12.5. The number of amides is 2. The molecule has 10 heteroatoms. The normalized spacial score (nSPS) is 21.8. The Morgan fingerprint density at radius 1 is 0.965 bits per heavy atom. The Kier molecular flexibility index (Phi) is 8.86. The number of hydrogen-bond donors (Lipinski definition) is 1. The molecule has 6 aromatic rings. The van der Waals surface area contributed by atoms with E-state index in [9.17, 15) is 9.90 Å². The number of methoxy groups -OCH3 is 1. The smallest absolute Gasteiger partial charge is 0.264 e. The Morgan fingerprint density at radius 2 is 1.72 bits per heavy atom. The van der Waals surface area contributed by atoms with Crippen LogP contribution >= 0.6 is 0 Å². The number of hydrogen-bond acceptors (Lipinski definition) is 7. The van der Waals surface area contributed by atoms with E-state index < -0.39 is 23.2 Å². The summed E-state index contributed by atoms with van der Waals surface area (Å²) in [6.45, 7) is 11.3. The second kappa shape index (κ2) is 13.8. The van der Waals surface area contributed by atoms with Gasteiger partial charge in [0.1, 0.15) is 17.5 Å². The summed E-state index contributed by atoms with van der Waals surface area (Å²) < 4.78 is 14.6. The van der Waals surface area contributed by atoms with Crippen LogP contribution in [0.3, 0.4) is 0 Å². The van der Waals surface area contributed by atoms with E-state index in [1.54, 1.807) is 33.9 Å². The molecule has 10 nitrogen and oxygen atoms in total. The van der Waals surface area contributed by atoms with E-state index in [-0.39, 0.29) is 23.7 Å². The van der Waals surface area contributed by atoms with E-state index in [0.717, 1.165) is 44.6 Å². The Balaban J connectivity index is 1.13. The summed E-state index contributed by atoms with van der Waals surface area (Å²) in [7, 11) is 1.66. The monoisotopic (exact) mass is 759 g/mol. The van der Waals surface area contributed by atoms with Crippen molar-refractivity contribution in [3.05, 3.63) is 156 Å². The third kappa shape index (κ3) is 5.61. The third-order valence-electron chi connectivity index (χ3n) is 12.5. The zero-order chi connectivity index (χ0) is 39.6. The number of aryl methyl sites for hydroxylation is 1. The molecule has 57 heavy (non-hydrogen) atoms. The van der Waals surface area contributed by atoms with E-state index in [0.29, 0.717) is 36.5 Å². The van der Waals surface area contributed by atoms with Crippen molar-refractivity contribution in [3.63, 3.8) is 0 Å². The van der Waals surface area contributed by atoms with E-state index in [2.05, 4.69) is 49.8 Å². The van der Waals surface area contributed by atoms with Crippen molar-refractivity contribution in [2.45, 2.75) is 57.0 Å². The minimum absolute atomic E-state index is 0.107. The molecule has 3 aliphatic rings. The lowest BCUT2D eigenvalue weighted by Crippen LogP contribution is -2.46. The fourth-order valence-corrected chi connectivity index (χ4v) is 9.81. The number of aromatic nitrogens is 3. The van der Waals surface area contributed by atoms with E-state index in [1.165, 1.54) is 0 Å². The molecule has 1 fully saturated rings. The van der Waals surface area contributed by atoms with Crippen LogP contribution in [-0.4, -0.2) is 51.7 Å². The van der Waals surface area contributed by atoms with Gasteiger partial charge < -0.3 is 19.5 Å². The van der Waals surface area contributed by atoms with Crippen molar-refractivity contribution in [2.24, 2.45) is 11.8 Å². The van der Waals surface area contributed by atoms with E-state index in [1.807, 2.05) is 97.1 Å². The first-order chi connectivity index (χ1) is 27.6. The lowest BCUT2D eigenvalue weighted by molar-refractivity contribution is -0.146. The van der Waals surface area contributed by atoms with Gasteiger partial charge >= 0.3 is 0 Å². The molecule has 9 rings (SSSR count). The molecule has 4 heterocycles. The molecule has 0 unspecified atom stereocenters. The fraction of sp³-hybridized carbons (Fsp3) is 0.277. The summed E-state index contributed by atoms with van der Waals surface area (Å²) in [5.41, 5.74) is 4.09. The van der Waals surface area contributed by atoms with Crippen LogP contribution < -0.4 is 14.5 Å². The van der Waals surface area contributed by atoms with Gasteiger partial charge in [-0.05, 0) is 70.8 Å². The predicted molar refractivity (Wildman–Crippen MR) is 220 cm³/mol. The number of carbonyl (C=O) groups excluding carboxylic acids is 2. The van der Waals surface area contributed by atoms with Crippen molar-refractivity contribution in [2.75, 3.05) is 23.5 Å². The van der Waals surface area contributed by atoms with Crippen molar-refractivity contribution >= 4 is 39.6 Å². The van der Waals surface area contributed by atoms with Gasteiger partial charge in [-0.2, -0.15) is 0 Å². The summed E-state index contributed by atoms with van der Waals surface area (Å²) in [5.74, 6) is 0.0489. The maximum atomic E-state index is 15.1. The Morgan fingerprint density at radius 3 is 2.46 bits per heavy atom. The lowest BCUT2D eigenvalue weighted by atomic mass is 9.63. The van der Waals surface area contributed by atoms with Gasteiger partial charge in [-0.25, -0.2) is 0 Å². The Bertz CT molecular complexity index is 2530. The fourth-order valence-electron chi connectivity index (χ4n) is 9.81. The van der Waals surface area contributed by atoms with Crippen molar-refractivity contribution < 1.29 is 24.2 Å². The molecule has 1 spiro atoms. The van der Waals surface area contributed by atoms with Crippen molar-refractivity contribution in [1.82, 2.24) is 15.0 Å². The van der Waals surface area contributed by atoms with Crippen LogP contribution in [0.5, 0.6) is 5.75 Å². The van der Waals surface area contributed by atoms with Crippen LogP contribution in [0.2, 0.25) is 0 Å². The number of carbonyl (C=O) groups is 2. The number of ether oxygens (including phenoxy) is 2. The quantitative estimate of drug-likeness (QED) is 0.133. The standard InChI is InChI=1S/C47H45N5O5/c1-6-25-51-38-23-20-33(52-39-17-11-15-30-14-10-16-35(41(30)39)44(52)54)27-36(38)47(45(51)55)29(2)42(46(3,4)32-18-21-34(56-5)22-19-32)40(57-47)24-26-50-28-37(48-49-50)43(53)31-12-8-7-9-13-31/h6-23,27-29,40,42-43,53H,1,24-26H2,2-5H3/t29-,40+,42-,43+,47+/m0/s1. The number of aliphatic hydroxyl groups is 1. The highest BCUT2D eigenvalue weighted by molar-refractivity contribution is 6.28. The first-order valence-corrected chi connectivity index (χ1v) is 19.5. The molecule has 288 valence electrons. The molecule has 5 atom stereocenters. The Hall–Kier alpha value is -6.10. The zero-order valence-corrected chi connectivity index (χ0v) is 32.5. The van der Waals surface area contributed by atoms with Crippen molar-refractivity contribution in [1.29, 1.82) is 0 Å². The minimum Gasteiger partial charge on any atom is -0.497 e. The molecule has 0 bridgehead atoms. The molecule has 2 amide bonds. The number of rotatable bonds is 11. The van der Waals surface area contributed by atoms with Gasteiger partial charge in [0.25, 0.3) is 11.8 Å². The molecule has 0 radical (unpaired) electrons. The average molecular weight is 760 g/mol. The molecule has 3 aliphatic heterocycles. The SMILES string of the molecule is C=CCN1C(=O)[C@]2(O[C@H](CCn3cc([C@H](O)c4ccccc4)nn3)[C@@H](C(C)(C)c3ccc(OC)cc3)[C@@H]2C)c2cc(N3C(=O)c4cccc5cccc3c45)ccc21. The zero-order valence-electron chi connectivity index (χ0n) is 32.5. The van der Waals surface area contributed by atoms with Crippen LogP contribution in [-0.2, 0) is 27.1 Å². The predicted octanol–water partition coefficient (Wildman–Crippen LogP) is 8.26. The largest absolute Gasteiger partial charge is 0.497 e.